The van der Waals surface area contributed by atoms with Gasteiger partial charge in [-0.2, -0.15) is 0 Å². The van der Waals surface area contributed by atoms with E-state index in [2.05, 4.69) is 5.32 Å². The van der Waals surface area contributed by atoms with Gasteiger partial charge in [-0.3, -0.25) is 9.10 Å². The number of amides is 1. The molecule has 0 aliphatic rings. The zero-order valence-electron chi connectivity index (χ0n) is 13.9. The minimum absolute atomic E-state index is 0.307. The maximum Gasteiger partial charge on any atom is 0.245 e. The molecular weight excluding hydrogens is 364 g/mol. The van der Waals surface area contributed by atoms with Crippen molar-refractivity contribution in [3.8, 4) is 5.75 Å². The first-order valence-electron chi connectivity index (χ1n) is 7.57. The number of nitrogens with zero attached hydrogens (tertiary/aromatic N) is 1. The molecule has 0 atom stereocenters. The SMILES string of the molecule is CCOc1ccccc1N(CC(=O)Nc1ccccc1Cl)S(C)(=O)=O. The number of sulfonamides is 1. The zero-order chi connectivity index (χ0) is 18.4. The van der Waals surface area contributed by atoms with E-state index < -0.39 is 22.5 Å². The van der Waals surface area contributed by atoms with Crippen molar-refractivity contribution in [2.24, 2.45) is 0 Å². The Hall–Kier alpha value is -2.25. The van der Waals surface area contributed by atoms with Crippen molar-refractivity contribution in [1.82, 2.24) is 0 Å². The Labute approximate surface area is 152 Å². The molecule has 0 unspecified atom stereocenters. The second kappa shape index (κ2) is 8.22. The van der Waals surface area contributed by atoms with Crippen LogP contribution in [0.5, 0.6) is 5.75 Å². The largest absolute Gasteiger partial charge is 0.492 e. The minimum Gasteiger partial charge on any atom is -0.492 e. The normalized spacial score (nSPS) is 11.0. The van der Waals surface area contributed by atoms with E-state index >= 15 is 0 Å². The monoisotopic (exact) mass is 382 g/mol. The van der Waals surface area contributed by atoms with Gasteiger partial charge in [0, 0.05) is 0 Å². The van der Waals surface area contributed by atoms with Gasteiger partial charge in [-0.25, -0.2) is 8.42 Å². The number of benzene rings is 2. The molecule has 8 heteroatoms. The molecule has 0 saturated carbocycles. The lowest BCUT2D eigenvalue weighted by molar-refractivity contribution is -0.114. The Morgan fingerprint density at radius 2 is 1.80 bits per heavy atom. The van der Waals surface area contributed by atoms with Crippen LogP contribution < -0.4 is 14.4 Å². The van der Waals surface area contributed by atoms with Crippen LogP contribution in [0.3, 0.4) is 0 Å². The van der Waals surface area contributed by atoms with Crippen LogP contribution in [0.1, 0.15) is 6.92 Å². The lowest BCUT2D eigenvalue weighted by atomic mass is 10.3. The van der Waals surface area contributed by atoms with Crippen molar-refractivity contribution in [1.29, 1.82) is 0 Å². The standard InChI is InChI=1S/C17H19ClN2O4S/c1-3-24-16-11-7-6-10-15(16)20(25(2,22)23)12-17(21)19-14-9-5-4-8-13(14)18/h4-11H,3,12H2,1-2H3,(H,19,21). The number of carbonyl (C=O) groups is 1. The summed E-state index contributed by atoms with van der Waals surface area (Å²) in [6.45, 7) is 1.78. The fourth-order valence-electron chi connectivity index (χ4n) is 2.20. The number of halogens is 1. The molecule has 0 aromatic heterocycles. The lowest BCUT2D eigenvalue weighted by Crippen LogP contribution is -2.37. The number of ether oxygens (including phenoxy) is 1. The number of para-hydroxylation sites is 3. The molecule has 0 aliphatic carbocycles. The molecule has 1 amide bonds. The third-order valence-corrected chi connectivity index (χ3v) is 4.73. The zero-order valence-corrected chi connectivity index (χ0v) is 15.5. The quantitative estimate of drug-likeness (QED) is 0.798. The molecule has 2 aromatic rings. The lowest BCUT2D eigenvalue weighted by Gasteiger charge is -2.24. The van der Waals surface area contributed by atoms with Gasteiger partial charge in [-0.15, -0.1) is 0 Å². The molecule has 0 heterocycles. The molecule has 1 N–H and O–H groups in total. The average molecular weight is 383 g/mol. The summed E-state index contributed by atoms with van der Waals surface area (Å²) in [6.07, 6.45) is 1.04. The number of anilines is 2. The van der Waals surface area contributed by atoms with Crippen molar-refractivity contribution in [3.63, 3.8) is 0 Å². The smallest absolute Gasteiger partial charge is 0.245 e. The number of hydrogen-bond acceptors (Lipinski definition) is 4. The summed E-state index contributed by atoms with van der Waals surface area (Å²) in [5.41, 5.74) is 0.724. The van der Waals surface area contributed by atoms with Gasteiger partial charge in [0.05, 0.1) is 29.3 Å². The Balaban J connectivity index is 2.28. The van der Waals surface area contributed by atoms with Gasteiger partial charge in [0.1, 0.15) is 12.3 Å². The summed E-state index contributed by atoms with van der Waals surface area (Å²) >= 11 is 6.01. The van der Waals surface area contributed by atoms with Gasteiger partial charge in [0.25, 0.3) is 0 Å². The molecule has 2 rings (SSSR count). The highest BCUT2D eigenvalue weighted by atomic mass is 35.5. The van der Waals surface area contributed by atoms with Gasteiger partial charge < -0.3 is 10.1 Å². The van der Waals surface area contributed by atoms with Gasteiger partial charge in [-0.1, -0.05) is 35.9 Å². The summed E-state index contributed by atoms with van der Waals surface area (Å²) < 4.78 is 30.9. The molecule has 2 aromatic carbocycles. The molecule has 0 aliphatic heterocycles. The minimum atomic E-state index is -3.70. The van der Waals surface area contributed by atoms with Crippen LogP contribution in [-0.2, 0) is 14.8 Å². The van der Waals surface area contributed by atoms with E-state index in [4.69, 9.17) is 16.3 Å². The van der Waals surface area contributed by atoms with Crippen molar-refractivity contribution in [2.75, 3.05) is 29.0 Å². The Kier molecular flexibility index (Phi) is 6.27. The number of carbonyl (C=O) groups excluding carboxylic acids is 1. The first-order valence-corrected chi connectivity index (χ1v) is 9.79. The molecule has 0 radical (unpaired) electrons. The van der Waals surface area contributed by atoms with E-state index in [0.29, 0.717) is 28.8 Å². The predicted molar refractivity (Wildman–Crippen MR) is 99.9 cm³/mol. The van der Waals surface area contributed by atoms with Gasteiger partial charge in [0.15, 0.2) is 0 Å². The third kappa shape index (κ3) is 5.11. The number of nitrogens with one attached hydrogen (secondary N) is 1. The highest BCUT2D eigenvalue weighted by molar-refractivity contribution is 7.92. The highest BCUT2D eigenvalue weighted by Gasteiger charge is 2.24. The van der Waals surface area contributed by atoms with Crippen LogP contribution >= 0.6 is 11.6 Å². The van der Waals surface area contributed by atoms with Gasteiger partial charge in [-0.05, 0) is 31.2 Å². The second-order valence-electron chi connectivity index (χ2n) is 5.20. The van der Waals surface area contributed by atoms with Gasteiger partial charge in [0.2, 0.25) is 15.9 Å². The summed E-state index contributed by atoms with van der Waals surface area (Å²) in [4.78, 5) is 12.3. The molecule has 0 fully saturated rings. The Morgan fingerprint density at radius 3 is 2.44 bits per heavy atom. The van der Waals surface area contributed by atoms with Crippen molar-refractivity contribution < 1.29 is 17.9 Å². The van der Waals surface area contributed by atoms with E-state index in [-0.39, 0.29) is 0 Å². The fraction of sp³-hybridized carbons (Fsp3) is 0.235. The van der Waals surface area contributed by atoms with Crippen LogP contribution in [0, 0.1) is 0 Å². The Morgan fingerprint density at radius 1 is 1.16 bits per heavy atom. The predicted octanol–water partition coefficient (Wildman–Crippen LogP) is 3.14. The maximum atomic E-state index is 12.3. The fourth-order valence-corrected chi connectivity index (χ4v) is 3.25. The van der Waals surface area contributed by atoms with Crippen molar-refractivity contribution in [3.05, 3.63) is 53.6 Å². The van der Waals surface area contributed by atoms with Crippen molar-refractivity contribution in [2.45, 2.75) is 6.92 Å². The summed E-state index contributed by atoms with van der Waals surface area (Å²) in [7, 11) is -3.70. The summed E-state index contributed by atoms with van der Waals surface area (Å²) in [5, 5.41) is 2.99. The molecule has 25 heavy (non-hydrogen) atoms. The summed E-state index contributed by atoms with van der Waals surface area (Å²) in [5.74, 6) is -0.120. The van der Waals surface area contributed by atoms with Crippen LogP contribution in [-0.4, -0.2) is 33.7 Å². The molecule has 0 spiro atoms. The molecular formula is C17H19ClN2O4S. The molecule has 6 nitrogen and oxygen atoms in total. The van der Waals surface area contributed by atoms with Crippen molar-refractivity contribution >= 4 is 38.9 Å². The first-order chi connectivity index (χ1) is 11.8. The number of hydrogen-bond donors (Lipinski definition) is 1. The van der Waals surface area contributed by atoms with Crippen LogP contribution in [0.25, 0.3) is 0 Å². The van der Waals surface area contributed by atoms with E-state index in [1.807, 2.05) is 0 Å². The van der Waals surface area contributed by atoms with Crippen LogP contribution in [0.2, 0.25) is 5.02 Å². The first kappa shape index (κ1) is 19.1. The molecule has 0 bridgehead atoms. The van der Waals surface area contributed by atoms with Gasteiger partial charge >= 0.3 is 0 Å². The molecule has 0 saturated heterocycles. The van der Waals surface area contributed by atoms with E-state index in [9.17, 15) is 13.2 Å². The van der Waals surface area contributed by atoms with Crippen LogP contribution in [0.15, 0.2) is 48.5 Å². The average Bonchev–Trinajstić information content (AvgIpc) is 2.55. The third-order valence-electron chi connectivity index (χ3n) is 3.27. The van der Waals surface area contributed by atoms with Crippen LogP contribution in [0.4, 0.5) is 11.4 Å². The number of rotatable bonds is 7. The van der Waals surface area contributed by atoms with E-state index in [1.54, 1.807) is 55.5 Å². The second-order valence-corrected chi connectivity index (χ2v) is 7.51. The highest BCUT2D eigenvalue weighted by Crippen LogP contribution is 2.30. The van der Waals surface area contributed by atoms with E-state index in [1.165, 1.54) is 0 Å². The summed E-state index contributed by atoms with van der Waals surface area (Å²) in [6, 6.07) is 13.4. The topological polar surface area (TPSA) is 75.7 Å². The molecule has 134 valence electrons. The van der Waals surface area contributed by atoms with E-state index in [0.717, 1.165) is 10.6 Å². The maximum absolute atomic E-state index is 12.3. The Bertz CT molecular complexity index is 855.